The highest BCUT2D eigenvalue weighted by molar-refractivity contribution is 7.90. The number of anilines is 2. The zero-order valence-corrected chi connectivity index (χ0v) is 21.6. The van der Waals surface area contributed by atoms with Crippen molar-refractivity contribution >= 4 is 56.4 Å². The van der Waals surface area contributed by atoms with E-state index in [2.05, 4.69) is 15.7 Å². The Morgan fingerprint density at radius 2 is 1.79 bits per heavy atom. The molecule has 0 saturated carbocycles. The van der Waals surface area contributed by atoms with E-state index in [0.29, 0.717) is 21.7 Å². The molecule has 0 saturated heterocycles. The first-order valence-electron chi connectivity index (χ1n) is 11.5. The van der Waals surface area contributed by atoms with Gasteiger partial charge in [0.15, 0.2) is 11.6 Å². The van der Waals surface area contributed by atoms with Gasteiger partial charge in [-0.1, -0.05) is 24.3 Å². The fraction of sp³-hybridized carbons (Fsp3) is 0.292. The number of nitrogens with zero attached hydrogens (tertiary/aromatic N) is 2. The number of oxazole rings is 1. The van der Waals surface area contributed by atoms with Gasteiger partial charge in [-0.25, -0.2) is 18.2 Å². The smallest absolute Gasteiger partial charge is 0.329 e. The molecule has 0 radical (unpaired) electrons. The maximum Gasteiger partial charge on any atom is 0.329 e. The summed E-state index contributed by atoms with van der Waals surface area (Å²) in [5.41, 5.74) is 9.91. The molecular weight excluding hydrogens is 534 g/mol. The molecule has 3 aromatic rings. The summed E-state index contributed by atoms with van der Waals surface area (Å²) in [5.74, 6) is -5.73. The molecule has 2 aromatic carbocycles. The van der Waals surface area contributed by atoms with Crippen LogP contribution in [0, 0.1) is 0 Å². The van der Waals surface area contributed by atoms with Crippen molar-refractivity contribution in [2.24, 2.45) is 5.73 Å². The van der Waals surface area contributed by atoms with E-state index in [0.717, 1.165) is 11.9 Å². The van der Waals surface area contributed by atoms with Crippen LogP contribution >= 0.6 is 0 Å². The molecule has 0 bridgehead atoms. The van der Waals surface area contributed by atoms with Crippen LogP contribution in [0.4, 0.5) is 11.7 Å². The van der Waals surface area contributed by atoms with Gasteiger partial charge in [0.1, 0.15) is 15.4 Å². The lowest BCUT2D eigenvalue weighted by Gasteiger charge is -2.30. The predicted molar refractivity (Wildman–Crippen MR) is 138 cm³/mol. The normalized spacial score (nSPS) is 12.9. The van der Waals surface area contributed by atoms with Crippen molar-refractivity contribution in [2.45, 2.75) is 31.3 Å². The van der Waals surface area contributed by atoms with Crippen molar-refractivity contribution in [3.63, 3.8) is 0 Å². The number of hydrogen-bond donors (Lipinski definition) is 5. The van der Waals surface area contributed by atoms with Gasteiger partial charge in [-0.2, -0.15) is 4.98 Å². The van der Waals surface area contributed by atoms with Gasteiger partial charge in [-0.15, -0.1) is 0 Å². The summed E-state index contributed by atoms with van der Waals surface area (Å²) in [5, 5.41) is 22.0. The van der Waals surface area contributed by atoms with E-state index in [1.54, 1.807) is 12.1 Å². The van der Waals surface area contributed by atoms with Crippen LogP contribution in [0.2, 0.25) is 0 Å². The molecule has 0 aliphatic rings. The van der Waals surface area contributed by atoms with Gasteiger partial charge in [0, 0.05) is 11.9 Å². The predicted octanol–water partition coefficient (Wildman–Crippen LogP) is 0.664. The van der Waals surface area contributed by atoms with E-state index in [1.165, 1.54) is 6.07 Å². The van der Waals surface area contributed by atoms with Crippen molar-refractivity contribution < 1.29 is 42.2 Å². The molecule has 0 aliphatic carbocycles. The molecule has 1 aromatic heterocycles. The maximum atomic E-state index is 12.9. The number of amides is 2. The molecule has 14 nitrogen and oxygen atoms in total. The van der Waals surface area contributed by atoms with Crippen LogP contribution in [0.5, 0.6) is 0 Å². The highest BCUT2D eigenvalue weighted by Crippen LogP contribution is 2.23. The Bertz CT molecular complexity index is 1470. The summed E-state index contributed by atoms with van der Waals surface area (Å²) < 4.78 is 28.6. The summed E-state index contributed by atoms with van der Waals surface area (Å²) in [6, 6.07) is 10.6. The van der Waals surface area contributed by atoms with Crippen molar-refractivity contribution in [1.82, 2.24) is 15.4 Å². The number of nitrogens with one attached hydrogen (secondary N) is 2. The first-order chi connectivity index (χ1) is 18.3. The van der Waals surface area contributed by atoms with Crippen LogP contribution in [0.25, 0.3) is 11.1 Å². The fourth-order valence-corrected chi connectivity index (χ4v) is 4.20. The van der Waals surface area contributed by atoms with Gasteiger partial charge in [0.05, 0.1) is 24.6 Å². The van der Waals surface area contributed by atoms with E-state index in [4.69, 9.17) is 15.3 Å². The van der Waals surface area contributed by atoms with E-state index in [9.17, 15) is 32.7 Å². The van der Waals surface area contributed by atoms with Crippen molar-refractivity contribution in [1.29, 1.82) is 0 Å². The zero-order chi connectivity index (χ0) is 28.7. The zero-order valence-electron chi connectivity index (χ0n) is 20.7. The summed E-state index contributed by atoms with van der Waals surface area (Å²) in [6.45, 7) is 0. The molecule has 0 aliphatic heterocycles. The van der Waals surface area contributed by atoms with Gasteiger partial charge < -0.3 is 25.7 Å². The second-order valence-corrected chi connectivity index (χ2v) is 11.0. The van der Waals surface area contributed by atoms with E-state index in [-0.39, 0.29) is 18.9 Å². The Morgan fingerprint density at radius 3 is 2.41 bits per heavy atom. The Kier molecular flexibility index (Phi) is 9.21. The molecule has 39 heavy (non-hydrogen) atoms. The first-order valence-corrected chi connectivity index (χ1v) is 13.6. The minimum Gasteiger partial charge on any atom is -0.481 e. The monoisotopic (exact) mass is 561 g/mol. The van der Waals surface area contributed by atoms with E-state index >= 15 is 0 Å². The molecule has 15 heteroatoms. The number of fused-ring (bicyclic) bond motifs is 1. The van der Waals surface area contributed by atoms with Gasteiger partial charge in [-0.05, 0) is 36.2 Å². The number of benzene rings is 2. The number of carboxylic acid groups (broad SMARTS) is 2. The molecule has 6 N–H and O–H groups in total. The molecule has 0 fully saturated rings. The largest absolute Gasteiger partial charge is 0.481 e. The average molecular weight is 562 g/mol. The minimum absolute atomic E-state index is 0.218. The number of rotatable bonds is 12. The molecule has 3 rings (SSSR count). The topological polar surface area (TPSA) is 222 Å². The van der Waals surface area contributed by atoms with Gasteiger partial charge in [0.25, 0.3) is 11.9 Å². The van der Waals surface area contributed by atoms with Crippen molar-refractivity contribution in [3.8, 4) is 0 Å². The van der Waals surface area contributed by atoms with Gasteiger partial charge >= 0.3 is 11.9 Å². The van der Waals surface area contributed by atoms with Crippen molar-refractivity contribution in [3.05, 3.63) is 54.1 Å². The number of aromatic nitrogens is 1. The van der Waals surface area contributed by atoms with Crippen molar-refractivity contribution in [2.75, 3.05) is 17.3 Å². The van der Waals surface area contributed by atoms with Gasteiger partial charge in [-0.3, -0.25) is 19.8 Å². The lowest BCUT2D eigenvalue weighted by Crippen LogP contribution is -2.60. The third-order valence-corrected chi connectivity index (χ3v) is 6.38. The third-order valence-electron chi connectivity index (χ3n) is 5.41. The summed E-state index contributed by atoms with van der Waals surface area (Å²) in [6.07, 6.45) is -0.827. The second-order valence-electron chi connectivity index (χ2n) is 8.71. The number of para-hydroxylation sites is 1. The Hall–Kier alpha value is -4.50. The number of sulfone groups is 1. The number of hydrogen-bond acceptors (Lipinski definition) is 10. The van der Waals surface area contributed by atoms with E-state index in [1.807, 2.05) is 30.3 Å². The lowest BCUT2D eigenvalue weighted by atomic mass is 10.1. The second kappa shape index (κ2) is 12.4. The Morgan fingerprint density at radius 1 is 1.10 bits per heavy atom. The van der Waals surface area contributed by atoms with Crippen LogP contribution in [0.15, 0.2) is 52.9 Å². The van der Waals surface area contributed by atoms with E-state index < -0.39 is 57.8 Å². The lowest BCUT2D eigenvalue weighted by molar-refractivity contribution is -0.160. The Balaban J connectivity index is 1.77. The average Bonchev–Trinajstić information content (AvgIpc) is 3.25. The van der Waals surface area contributed by atoms with Crippen LogP contribution in [-0.4, -0.2) is 76.5 Å². The molecule has 1 unspecified atom stereocenters. The molecular formula is C24H27N5O9S. The molecule has 1 heterocycles. The number of aliphatic carboxylic acids is 2. The number of carboxylic acids is 2. The summed E-state index contributed by atoms with van der Waals surface area (Å²) >= 11 is 0. The fourth-order valence-electron chi connectivity index (χ4n) is 3.52. The highest BCUT2D eigenvalue weighted by atomic mass is 32.2. The maximum absolute atomic E-state index is 12.9. The van der Waals surface area contributed by atoms with Crippen LogP contribution in [0.1, 0.15) is 18.4 Å². The van der Waals surface area contributed by atoms with Crippen LogP contribution in [0.3, 0.4) is 0 Å². The molecule has 0 spiro atoms. The summed E-state index contributed by atoms with van der Waals surface area (Å²) in [4.78, 5) is 53.1. The Labute approximate surface area is 222 Å². The molecule has 2 amide bonds. The first kappa shape index (κ1) is 29.1. The van der Waals surface area contributed by atoms with Crippen LogP contribution in [-0.2, 0) is 35.4 Å². The number of carbonyl (C=O) groups is 4. The number of nitrogens with two attached hydrogens (primary N) is 1. The number of hydrazine groups is 1. The minimum atomic E-state index is -3.50. The number of carbonyl (C=O) groups excluding carboxylic acids is 2. The SMILES string of the molecule is CS(=O)(=O)CCC(N)C(=O)N(NC(=O)Cc1ccc2nc(Nc3ccccc3)oc2c1)[C@@H](CC(=O)O)C(=O)O. The standard InChI is InChI=1S/C24H27N5O9S/c1-39(36,37)10-9-16(25)22(33)29(18(23(34)35)13-21(31)32)28-20(30)12-14-7-8-17-19(11-14)38-24(27-17)26-15-5-3-2-4-6-15/h2-8,11,16,18H,9-10,12-13,25H2,1H3,(H,26,27)(H,28,30)(H,31,32)(H,34,35)/t16?,18-/m0/s1. The highest BCUT2D eigenvalue weighted by Gasteiger charge is 2.36. The third kappa shape index (κ3) is 8.51. The van der Waals surface area contributed by atoms with Gasteiger partial charge in [0.2, 0.25) is 5.91 Å². The summed E-state index contributed by atoms with van der Waals surface area (Å²) in [7, 11) is -3.50. The quantitative estimate of drug-likeness (QED) is 0.192. The molecule has 208 valence electrons. The van der Waals surface area contributed by atoms with Crippen LogP contribution < -0.4 is 16.5 Å². The molecule has 2 atom stereocenters.